The number of urea groups is 1. The first-order chi connectivity index (χ1) is 14.5. The number of guanidine groups is 1. The lowest BCUT2D eigenvalue weighted by Gasteiger charge is -2.12. The number of furan rings is 1. The SMILES string of the molecule is CN=C(NCc1ccc(NC(=O)NC(C)C)cc1)NCc1oc2ccccc2c1C. The molecule has 0 atom stereocenters. The highest BCUT2D eigenvalue weighted by molar-refractivity contribution is 5.89. The van der Waals surface area contributed by atoms with Gasteiger partial charge in [-0.3, -0.25) is 4.99 Å². The number of aryl methyl sites for hydroxylation is 1. The summed E-state index contributed by atoms with van der Waals surface area (Å²) in [4.78, 5) is 16.0. The number of aliphatic imine (C=N–C) groups is 1. The molecule has 0 unspecified atom stereocenters. The summed E-state index contributed by atoms with van der Waals surface area (Å²) < 4.78 is 5.94. The van der Waals surface area contributed by atoms with Crippen LogP contribution < -0.4 is 21.3 Å². The minimum atomic E-state index is -0.207. The fourth-order valence-corrected chi connectivity index (χ4v) is 3.10. The Balaban J connectivity index is 1.51. The second-order valence-corrected chi connectivity index (χ2v) is 7.38. The molecule has 30 heavy (non-hydrogen) atoms. The Kier molecular flexibility index (Phi) is 6.95. The molecule has 0 spiro atoms. The average Bonchev–Trinajstić information content (AvgIpc) is 3.04. The fraction of sp³-hybridized carbons (Fsp3) is 0.304. The summed E-state index contributed by atoms with van der Waals surface area (Å²) in [5, 5.41) is 13.3. The van der Waals surface area contributed by atoms with Crippen molar-refractivity contribution in [3.05, 3.63) is 65.4 Å². The Morgan fingerprint density at radius 2 is 1.73 bits per heavy atom. The Morgan fingerprint density at radius 1 is 1.03 bits per heavy atom. The molecule has 7 nitrogen and oxygen atoms in total. The predicted octanol–water partition coefficient (Wildman–Crippen LogP) is 4.14. The number of rotatable bonds is 6. The number of nitrogens with one attached hydrogen (secondary N) is 4. The van der Waals surface area contributed by atoms with Crippen LogP contribution in [0.5, 0.6) is 0 Å². The second-order valence-electron chi connectivity index (χ2n) is 7.38. The third-order valence-electron chi connectivity index (χ3n) is 4.67. The third kappa shape index (κ3) is 5.53. The highest BCUT2D eigenvalue weighted by Crippen LogP contribution is 2.24. The molecule has 0 aliphatic rings. The van der Waals surface area contributed by atoms with Gasteiger partial charge < -0.3 is 25.7 Å². The van der Waals surface area contributed by atoms with E-state index in [2.05, 4.69) is 39.2 Å². The summed E-state index contributed by atoms with van der Waals surface area (Å²) in [6.07, 6.45) is 0. The quantitative estimate of drug-likeness (QED) is 0.365. The van der Waals surface area contributed by atoms with Gasteiger partial charge in [0.25, 0.3) is 0 Å². The molecule has 1 aromatic heterocycles. The van der Waals surface area contributed by atoms with Gasteiger partial charge in [-0.1, -0.05) is 30.3 Å². The Morgan fingerprint density at radius 3 is 2.40 bits per heavy atom. The molecule has 0 saturated carbocycles. The zero-order valence-corrected chi connectivity index (χ0v) is 17.9. The molecule has 3 rings (SSSR count). The number of amides is 2. The molecule has 0 saturated heterocycles. The molecule has 0 fully saturated rings. The normalized spacial score (nSPS) is 11.6. The Labute approximate surface area is 177 Å². The van der Waals surface area contributed by atoms with Gasteiger partial charge in [0.1, 0.15) is 11.3 Å². The van der Waals surface area contributed by atoms with Crippen molar-refractivity contribution >= 4 is 28.6 Å². The number of anilines is 1. The summed E-state index contributed by atoms with van der Waals surface area (Å²) in [6, 6.07) is 15.6. The van der Waals surface area contributed by atoms with Crippen LogP contribution in [0.2, 0.25) is 0 Å². The van der Waals surface area contributed by atoms with Gasteiger partial charge in [-0.2, -0.15) is 0 Å². The number of hydrogen-bond donors (Lipinski definition) is 4. The topological polar surface area (TPSA) is 90.7 Å². The molecule has 1 heterocycles. The Bertz CT molecular complexity index is 1020. The monoisotopic (exact) mass is 407 g/mol. The van der Waals surface area contributed by atoms with Gasteiger partial charge in [0, 0.05) is 36.3 Å². The van der Waals surface area contributed by atoms with Crippen LogP contribution in [0.1, 0.15) is 30.7 Å². The fourth-order valence-electron chi connectivity index (χ4n) is 3.10. The number of carbonyl (C=O) groups excluding carboxylic acids is 1. The first-order valence-electron chi connectivity index (χ1n) is 10.0. The van der Waals surface area contributed by atoms with Crippen LogP contribution in [0, 0.1) is 6.92 Å². The van der Waals surface area contributed by atoms with Crippen LogP contribution in [0.3, 0.4) is 0 Å². The number of nitrogens with zero attached hydrogens (tertiary/aromatic N) is 1. The number of para-hydroxylation sites is 1. The van der Waals surface area contributed by atoms with E-state index in [0.29, 0.717) is 19.0 Å². The van der Waals surface area contributed by atoms with Crippen molar-refractivity contribution < 1.29 is 9.21 Å². The minimum absolute atomic E-state index is 0.0936. The maximum absolute atomic E-state index is 11.8. The largest absolute Gasteiger partial charge is 0.459 e. The Hall–Kier alpha value is -3.48. The van der Waals surface area contributed by atoms with Gasteiger partial charge in [-0.15, -0.1) is 0 Å². The van der Waals surface area contributed by atoms with E-state index in [4.69, 9.17) is 4.42 Å². The summed E-state index contributed by atoms with van der Waals surface area (Å²) in [5.41, 5.74) is 3.86. The van der Waals surface area contributed by atoms with Crippen molar-refractivity contribution in [3.8, 4) is 0 Å². The van der Waals surface area contributed by atoms with E-state index < -0.39 is 0 Å². The summed E-state index contributed by atoms with van der Waals surface area (Å²) in [6.45, 7) is 7.07. The predicted molar refractivity (Wildman–Crippen MR) is 122 cm³/mol. The van der Waals surface area contributed by atoms with Crippen LogP contribution in [0.15, 0.2) is 57.9 Å². The molecular formula is C23H29N5O2. The smallest absolute Gasteiger partial charge is 0.319 e. The molecule has 0 aliphatic heterocycles. The molecule has 4 N–H and O–H groups in total. The lowest BCUT2D eigenvalue weighted by molar-refractivity contribution is 0.250. The molecule has 0 aliphatic carbocycles. The zero-order valence-electron chi connectivity index (χ0n) is 17.9. The maximum atomic E-state index is 11.8. The van der Waals surface area contributed by atoms with Gasteiger partial charge >= 0.3 is 6.03 Å². The summed E-state index contributed by atoms with van der Waals surface area (Å²) >= 11 is 0. The van der Waals surface area contributed by atoms with Gasteiger partial charge in [0.05, 0.1) is 6.54 Å². The van der Waals surface area contributed by atoms with Crippen LogP contribution >= 0.6 is 0 Å². The minimum Gasteiger partial charge on any atom is -0.459 e. The van der Waals surface area contributed by atoms with Crippen LogP contribution in [-0.2, 0) is 13.1 Å². The van der Waals surface area contributed by atoms with E-state index in [-0.39, 0.29) is 12.1 Å². The van der Waals surface area contributed by atoms with Gasteiger partial charge in [0.15, 0.2) is 5.96 Å². The van der Waals surface area contributed by atoms with Gasteiger partial charge in [-0.05, 0) is 44.5 Å². The standard InChI is InChI=1S/C23H29N5O2/c1-15(2)27-23(29)28-18-11-9-17(10-12-18)13-25-22(24-4)26-14-21-16(3)19-7-5-6-8-20(19)30-21/h5-12,15H,13-14H2,1-4H3,(H2,24,25,26)(H2,27,28,29). The van der Waals surface area contributed by atoms with Crippen LogP contribution in [0.25, 0.3) is 11.0 Å². The third-order valence-corrected chi connectivity index (χ3v) is 4.67. The number of hydrogen-bond acceptors (Lipinski definition) is 3. The van der Waals surface area contributed by atoms with Crippen molar-refractivity contribution in [3.63, 3.8) is 0 Å². The molecule has 7 heteroatoms. The highest BCUT2D eigenvalue weighted by atomic mass is 16.3. The molecule has 2 aromatic carbocycles. The molecule has 0 bridgehead atoms. The number of benzene rings is 2. The zero-order chi connectivity index (χ0) is 21.5. The lowest BCUT2D eigenvalue weighted by atomic mass is 10.1. The van der Waals surface area contributed by atoms with Gasteiger partial charge in [-0.25, -0.2) is 4.79 Å². The molecule has 0 radical (unpaired) electrons. The molecule has 158 valence electrons. The van der Waals surface area contributed by atoms with E-state index in [0.717, 1.165) is 33.5 Å². The van der Waals surface area contributed by atoms with Crippen molar-refractivity contribution in [2.75, 3.05) is 12.4 Å². The summed E-state index contributed by atoms with van der Waals surface area (Å²) in [5.74, 6) is 1.59. The first-order valence-corrected chi connectivity index (χ1v) is 10.0. The average molecular weight is 408 g/mol. The van der Waals surface area contributed by atoms with E-state index in [9.17, 15) is 4.79 Å². The van der Waals surface area contributed by atoms with E-state index >= 15 is 0 Å². The second kappa shape index (κ2) is 9.82. The summed E-state index contributed by atoms with van der Waals surface area (Å²) in [7, 11) is 1.74. The van der Waals surface area contributed by atoms with Crippen LogP contribution in [-0.4, -0.2) is 25.1 Å². The molecule has 3 aromatic rings. The molecule has 2 amide bonds. The first kappa shape index (κ1) is 21.2. The van der Waals surface area contributed by atoms with Crippen molar-refractivity contribution in [1.29, 1.82) is 0 Å². The van der Waals surface area contributed by atoms with E-state index in [1.807, 2.05) is 56.3 Å². The van der Waals surface area contributed by atoms with Gasteiger partial charge in [0.2, 0.25) is 0 Å². The lowest BCUT2D eigenvalue weighted by Crippen LogP contribution is -2.36. The number of fused-ring (bicyclic) bond motifs is 1. The highest BCUT2D eigenvalue weighted by Gasteiger charge is 2.10. The maximum Gasteiger partial charge on any atom is 0.319 e. The number of carbonyl (C=O) groups is 1. The van der Waals surface area contributed by atoms with Crippen LogP contribution in [0.4, 0.5) is 10.5 Å². The van der Waals surface area contributed by atoms with Crippen molar-refractivity contribution in [1.82, 2.24) is 16.0 Å². The van der Waals surface area contributed by atoms with E-state index in [1.165, 1.54) is 0 Å². The molecular weight excluding hydrogens is 378 g/mol. The van der Waals surface area contributed by atoms with E-state index in [1.54, 1.807) is 7.05 Å². The van der Waals surface area contributed by atoms with Crippen molar-refractivity contribution in [2.45, 2.75) is 39.9 Å². The van der Waals surface area contributed by atoms with Crippen molar-refractivity contribution in [2.24, 2.45) is 4.99 Å².